The number of carbonyl (C=O) groups is 1. The van der Waals surface area contributed by atoms with Crippen molar-refractivity contribution in [2.45, 2.75) is 39.2 Å². The summed E-state index contributed by atoms with van der Waals surface area (Å²) < 4.78 is 10.5. The van der Waals surface area contributed by atoms with E-state index in [9.17, 15) is 4.79 Å². The zero-order valence-electron chi connectivity index (χ0n) is 13.5. The van der Waals surface area contributed by atoms with Crippen LogP contribution in [0.1, 0.15) is 37.8 Å². The van der Waals surface area contributed by atoms with Crippen LogP contribution < -0.4 is 15.8 Å². The molecule has 0 radical (unpaired) electrons. The molecule has 1 rings (SSSR count). The lowest BCUT2D eigenvalue weighted by Crippen LogP contribution is -2.36. The van der Waals surface area contributed by atoms with Gasteiger partial charge in [-0.05, 0) is 44.9 Å². The van der Waals surface area contributed by atoms with E-state index >= 15 is 0 Å². The Morgan fingerprint density at radius 1 is 1.38 bits per heavy atom. The van der Waals surface area contributed by atoms with Crippen molar-refractivity contribution in [1.82, 2.24) is 5.32 Å². The van der Waals surface area contributed by atoms with Crippen molar-refractivity contribution in [3.8, 4) is 5.75 Å². The highest BCUT2D eigenvalue weighted by atomic mass is 16.6. The molecule has 1 atom stereocenters. The van der Waals surface area contributed by atoms with E-state index in [1.807, 2.05) is 45.9 Å². The van der Waals surface area contributed by atoms with Crippen LogP contribution in [0, 0.1) is 6.92 Å². The van der Waals surface area contributed by atoms with Gasteiger partial charge in [0.05, 0.1) is 7.11 Å². The lowest BCUT2D eigenvalue weighted by Gasteiger charge is -2.22. The third-order valence-electron chi connectivity index (χ3n) is 3.07. The van der Waals surface area contributed by atoms with Crippen molar-refractivity contribution < 1.29 is 14.3 Å². The molecule has 1 amide bonds. The van der Waals surface area contributed by atoms with E-state index in [-0.39, 0.29) is 5.92 Å². The molecule has 1 aromatic carbocycles. The second-order valence-electron chi connectivity index (χ2n) is 6.04. The molecular formula is C16H26N2O3. The molecule has 118 valence electrons. The van der Waals surface area contributed by atoms with E-state index in [0.29, 0.717) is 13.1 Å². The lowest BCUT2D eigenvalue weighted by molar-refractivity contribution is 0.0525. The topological polar surface area (TPSA) is 73.6 Å². The van der Waals surface area contributed by atoms with Gasteiger partial charge in [-0.15, -0.1) is 0 Å². The van der Waals surface area contributed by atoms with Crippen LogP contribution in [-0.2, 0) is 4.74 Å². The first-order valence-electron chi connectivity index (χ1n) is 7.08. The van der Waals surface area contributed by atoms with Crippen LogP contribution in [0.2, 0.25) is 0 Å². The average molecular weight is 294 g/mol. The molecular weight excluding hydrogens is 268 g/mol. The number of nitrogens with two attached hydrogens (primary N) is 1. The van der Waals surface area contributed by atoms with Crippen LogP contribution in [0.25, 0.3) is 0 Å². The van der Waals surface area contributed by atoms with Gasteiger partial charge in [0.1, 0.15) is 11.4 Å². The van der Waals surface area contributed by atoms with Crippen LogP contribution >= 0.6 is 0 Å². The van der Waals surface area contributed by atoms with Crippen molar-refractivity contribution in [1.29, 1.82) is 0 Å². The molecule has 0 aliphatic heterocycles. The standard InChI is InChI=1S/C16H26N2O3/c1-11-8-12(6-7-14(11)20-5)13(9-17)10-18-15(19)21-16(2,3)4/h6-8,13H,9-10,17H2,1-5H3,(H,18,19). The molecule has 3 N–H and O–H groups in total. The fraction of sp³-hybridized carbons (Fsp3) is 0.562. The van der Waals surface area contributed by atoms with Crippen molar-refractivity contribution in [3.63, 3.8) is 0 Å². The maximum absolute atomic E-state index is 11.7. The van der Waals surface area contributed by atoms with Crippen molar-refractivity contribution >= 4 is 6.09 Å². The van der Waals surface area contributed by atoms with Crippen molar-refractivity contribution in [2.24, 2.45) is 5.73 Å². The Balaban J connectivity index is 2.67. The Hall–Kier alpha value is -1.75. The average Bonchev–Trinajstić information content (AvgIpc) is 2.37. The number of hydrogen-bond donors (Lipinski definition) is 2. The first-order valence-corrected chi connectivity index (χ1v) is 7.08. The summed E-state index contributed by atoms with van der Waals surface area (Å²) in [4.78, 5) is 11.7. The molecule has 0 saturated carbocycles. The van der Waals surface area contributed by atoms with Crippen LogP contribution in [0.15, 0.2) is 18.2 Å². The third kappa shape index (κ3) is 5.63. The van der Waals surface area contributed by atoms with E-state index in [4.69, 9.17) is 15.2 Å². The van der Waals surface area contributed by atoms with Gasteiger partial charge in [0.15, 0.2) is 0 Å². The Morgan fingerprint density at radius 3 is 2.52 bits per heavy atom. The smallest absolute Gasteiger partial charge is 0.407 e. The minimum Gasteiger partial charge on any atom is -0.496 e. The monoisotopic (exact) mass is 294 g/mol. The molecule has 0 aliphatic rings. The molecule has 0 aliphatic carbocycles. The zero-order valence-corrected chi connectivity index (χ0v) is 13.5. The van der Waals surface area contributed by atoms with Gasteiger partial charge in [-0.1, -0.05) is 12.1 Å². The summed E-state index contributed by atoms with van der Waals surface area (Å²) in [5.41, 5.74) is 7.44. The zero-order chi connectivity index (χ0) is 16.0. The molecule has 0 aromatic heterocycles. The Labute approximate surface area is 126 Å². The van der Waals surface area contributed by atoms with Gasteiger partial charge in [0.2, 0.25) is 0 Å². The molecule has 21 heavy (non-hydrogen) atoms. The number of nitrogens with one attached hydrogen (secondary N) is 1. The minimum atomic E-state index is -0.501. The third-order valence-corrected chi connectivity index (χ3v) is 3.07. The first-order chi connectivity index (χ1) is 9.76. The Bertz CT molecular complexity index is 481. The van der Waals surface area contributed by atoms with Crippen LogP contribution in [-0.4, -0.2) is 31.9 Å². The van der Waals surface area contributed by atoms with Crippen molar-refractivity contribution in [3.05, 3.63) is 29.3 Å². The highest BCUT2D eigenvalue weighted by Crippen LogP contribution is 2.23. The van der Waals surface area contributed by atoms with Gasteiger partial charge in [0.25, 0.3) is 0 Å². The van der Waals surface area contributed by atoms with E-state index in [2.05, 4.69) is 5.32 Å². The fourth-order valence-electron chi connectivity index (χ4n) is 2.01. The quantitative estimate of drug-likeness (QED) is 0.875. The van der Waals surface area contributed by atoms with Crippen LogP contribution in [0.3, 0.4) is 0 Å². The number of benzene rings is 1. The summed E-state index contributed by atoms with van der Waals surface area (Å²) in [6, 6.07) is 5.92. The second-order valence-corrected chi connectivity index (χ2v) is 6.04. The number of carbonyl (C=O) groups excluding carboxylic acids is 1. The first kappa shape index (κ1) is 17.3. The van der Waals surface area contributed by atoms with Crippen LogP contribution in [0.5, 0.6) is 5.75 Å². The lowest BCUT2D eigenvalue weighted by atomic mass is 9.97. The van der Waals surface area contributed by atoms with Gasteiger partial charge < -0.3 is 20.5 Å². The molecule has 0 spiro atoms. The normalized spacial score (nSPS) is 12.7. The van der Waals surface area contributed by atoms with Gasteiger partial charge in [-0.25, -0.2) is 4.79 Å². The molecule has 5 nitrogen and oxygen atoms in total. The molecule has 0 fully saturated rings. The number of alkyl carbamates (subject to hydrolysis) is 1. The summed E-state index contributed by atoms with van der Waals surface area (Å²) in [7, 11) is 1.65. The molecule has 1 aromatic rings. The van der Waals surface area contributed by atoms with Gasteiger partial charge in [-0.2, -0.15) is 0 Å². The Morgan fingerprint density at radius 2 is 2.05 bits per heavy atom. The number of rotatable bonds is 5. The number of amides is 1. The van der Waals surface area contributed by atoms with E-state index < -0.39 is 11.7 Å². The predicted octanol–water partition coefficient (Wildman–Crippen LogP) is 2.57. The predicted molar refractivity (Wildman–Crippen MR) is 83.8 cm³/mol. The summed E-state index contributed by atoms with van der Waals surface area (Å²) in [5.74, 6) is 0.886. The summed E-state index contributed by atoms with van der Waals surface area (Å²) in [6.07, 6.45) is -0.425. The van der Waals surface area contributed by atoms with Crippen LogP contribution in [0.4, 0.5) is 4.79 Å². The summed E-state index contributed by atoms with van der Waals surface area (Å²) in [6.45, 7) is 8.37. The largest absolute Gasteiger partial charge is 0.496 e. The van der Waals surface area contributed by atoms with Gasteiger partial charge in [0, 0.05) is 19.0 Å². The number of ether oxygens (including phenoxy) is 2. The summed E-state index contributed by atoms with van der Waals surface area (Å²) in [5, 5.41) is 2.76. The number of methoxy groups -OCH3 is 1. The SMILES string of the molecule is COc1ccc(C(CN)CNC(=O)OC(C)(C)C)cc1C. The van der Waals surface area contributed by atoms with Gasteiger partial charge in [-0.3, -0.25) is 0 Å². The Kier molecular flexibility index (Phi) is 6.03. The molecule has 0 bridgehead atoms. The van der Waals surface area contributed by atoms with Gasteiger partial charge >= 0.3 is 6.09 Å². The minimum absolute atomic E-state index is 0.0436. The molecule has 0 saturated heterocycles. The summed E-state index contributed by atoms with van der Waals surface area (Å²) >= 11 is 0. The molecule has 5 heteroatoms. The number of aryl methyl sites for hydroxylation is 1. The fourth-order valence-corrected chi connectivity index (χ4v) is 2.01. The molecule has 0 heterocycles. The maximum atomic E-state index is 11.7. The van der Waals surface area contributed by atoms with Crippen molar-refractivity contribution in [2.75, 3.05) is 20.2 Å². The van der Waals surface area contributed by atoms with E-state index in [0.717, 1.165) is 16.9 Å². The second kappa shape index (κ2) is 7.31. The number of hydrogen-bond acceptors (Lipinski definition) is 4. The van der Waals surface area contributed by atoms with E-state index in [1.165, 1.54) is 0 Å². The maximum Gasteiger partial charge on any atom is 0.407 e. The molecule has 1 unspecified atom stereocenters. The highest BCUT2D eigenvalue weighted by Gasteiger charge is 2.18. The van der Waals surface area contributed by atoms with E-state index in [1.54, 1.807) is 7.11 Å². The highest BCUT2D eigenvalue weighted by molar-refractivity contribution is 5.67.